The average molecular weight is 427 g/mol. The van der Waals surface area contributed by atoms with Gasteiger partial charge in [-0.25, -0.2) is 4.98 Å². The fourth-order valence-electron chi connectivity index (χ4n) is 2.19. The maximum absolute atomic E-state index is 13.1. The van der Waals surface area contributed by atoms with Crippen LogP contribution in [0.1, 0.15) is 11.3 Å². The number of ether oxygens (including phenoxy) is 1. The third-order valence-corrected chi connectivity index (χ3v) is 3.88. The van der Waals surface area contributed by atoms with E-state index in [1.54, 1.807) is 0 Å². The van der Waals surface area contributed by atoms with E-state index in [4.69, 9.17) is 27.9 Å². The van der Waals surface area contributed by atoms with Crippen molar-refractivity contribution in [2.45, 2.75) is 12.4 Å². The number of alkyl halides is 6. The minimum Gasteiger partial charge on any atom is -0.437 e. The number of aromatic nitrogens is 2. The van der Waals surface area contributed by atoms with Crippen LogP contribution in [0, 0.1) is 0 Å². The molecule has 27 heavy (non-hydrogen) atoms. The number of benzene rings is 1. The minimum atomic E-state index is -5.08. The maximum Gasteiger partial charge on any atom is 0.433 e. The molecule has 0 aliphatic carbocycles. The Hall–Kier alpha value is -2.26. The van der Waals surface area contributed by atoms with Crippen LogP contribution in [0.15, 0.2) is 36.4 Å². The van der Waals surface area contributed by atoms with Crippen molar-refractivity contribution in [3.8, 4) is 11.6 Å². The lowest BCUT2D eigenvalue weighted by Gasteiger charge is -2.14. The van der Waals surface area contributed by atoms with Crippen LogP contribution in [0.4, 0.5) is 26.3 Å². The van der Waals surface area contributed by atoms with Gasteiger partial charge in [0.05, 0.1) is 10.6 Å². The molecule has 0 unspecified atom stereocenters. The van der Waals surface area contributed by atoms with Crippen molar-refractivity contribution >= 4 is 34.2 Å². The van der Waals surface area contributed by atoms with Crippen molar-refractivity contribution in [3.63, 3.8) is 0 Å². The lowest BCUT2D eigenvalue weighted by atomic mass is 10.1. The second-order valence-corrected chi connectivity index (χ2v) is 6.09. The summed E-state index contributed by atoms with van der Waals surface area (Å²) in [6, 6.07) is 6.10. The molecule has 2 heterocycles. The van der Waals surface area contributed by atoms with Gasteiger partial charge in [-0.05, 0) is 30.3 Å². The van der Waals surface area contributed by atoms with Gasteiger partial charge >= 0.3 is 12.4 Å². The molecule has 0 amide bonds. The van der Waals surface area contributed by atoms with Crippen LogP contribution < -0.4 is 4.74 Å². The van der Waals surface area contributed by atoms with Gasteiger partial charge in [-0.1, -0.05) is 23.2 Å². The topological polar surface area (TPSA) is 35.0 Å². The fraction of sp³-hybridized carbons (Fsp3) is 0.125. The van der Waals surface area contributed by atoms with Crippen LogP contribution in [-0.4, -0.2) is 9.97 Å². The van der Waals surface area contributed by atoms with E-state index in [0.29, 0.717) is 5.02 Å². The lowest BCUT2D eigenvalue weighted by molar-refractivity contribution is -0.144. The van der Waals surface area contributed by atoms with Gasteiger partial charge < -0.3 is 4.74 Å². The molecule has 0 radical (unpaired) electrons. The molecule has 0 saturated carbocycles. The van der Waals surface area contributed by atoms with E-state index in [0.717, 1.165) is 12.1 Å². The Kier molecular flexibility index (Phi) is 4.85. The van der Waals surface area contributed by atoms with Crippen LogP contribution >= 0.6 is 23.2 Å². The summed E-state index contributed by atoms with van der Waals surface area (Å²) in [6.45, 7) is 0. The molecule has 3 aromatic rings. The highest BCUT2D eigenvalue weighted by Gasteiger charge is 2.39. The Morgan fingerprint density at radius 2 is 1.52 bits per heavy atom. The number of nitrogens with zero attached hydrogens (tertiary/aromatic N) is 2. The number of hydrogen-bond acceptors (Lipinski definition) is 3. The Bertz CT molecular complexity index is 1020. The van der Waals surface area contributed by atoms with Crippen LogP contribution in [0.5, 0.6) is 11.6 Å². The highest BCUT2D eigenvalue weighted by Crippen LogP contribution is 2.39. The third-order valence-electron chi connectivity index (χ3n) is 3.35. The molecule has 142 valence electrons. The van der Waals surface area contributed by atoms with Crippen molar-refractivity contribution in [1.29, 1.82) is 0 Å². The van der Waals surface area contributed by atoms with Crippen molar-refractivity contribution in [2.24, 2.45) is 0 Å². The third kappa shape index (κ3) is 4.19. The van der Waals surface area contributed by atoms with Crippen LogP contribution in [0.25, 0.3) is 11.0 Å². The van der Waals surface area contributed by atoms with E-state index < -0.39 is 34.6 Å². The molecule has 3 nitrogen and oxygen atoms in total. The summed E-state index contributed by atoms with van der Waals surface area (Å²) >= 11 is 11.7. The molecule has 11 heteroatoms. The maximum atomic E-state index is 13.1. The molecule has 0 aliphatic heterocycles. The van der Waals surface area contributed by atoms with E-state index in [1.165, 1.54) is 18.2 Å². The monoisotopic (exact) mass is 426 g/mol. The summed E-state index contributed by atoms with van der Waals surface area (Å²) in [5, 5.41) is -0.201. The molecule has 1 aromatic carbocycles. The summed E-state index contributed by atoms with van der Waals surface area (Å²) in [7, 11) is 0. The number of pyridine rings is 2. The fourth-order valence-corrected chi connectivity index (χ4v) is 2.64. The summed E-state index contributed by atoms with van der Waals surface area (Å²) in [6.07, 6.45) is -10.1. The first kappa shape index (κ1) is 19.5. The SMILES string of the molecule is FC(F)(F)c1cc(C(F)(F)F)c2ccc(Oc3ccc(Cl)cc3Cl)nc2n1. The molecule has 0 spiro atoms. The van der Waals surface area contributed by atoms with Crippen LogP contribution in [0.3, 0.4) is 0 Å². The molecule has 0 atom stereocenters. The van der Waals surface area contributed by atoms with Crippen molar-refractivity contribution in [1.82, 2.24) is 9.97 Å². The summed E-state index contributed by atoms with van der Waals surface area (Å²) < 4.78 is 83.4. The van der Waals surface area contributed by atoms with Crippen LogP contribution in [0.2, 0.25) is 10.0 Å². The highest BCUT2D eigenvalue weighted by molar-refractivity contribution is 6.35. The number of hydrogen-bond donors (Lipinski definition) is 0. The van der Waals surface area contributed by atoms with Gasteiger partial charge in [-0.2, -0.15) is 31.3 Å². The zero-order chi connectivity index (χ0) is 20.0. The van der Waals surface area contributed by atoms with Gasteiger partial charge in [0.15, 0.2) is 5.65 Å². The van der Waals surface area contributed by atoms with E-state index in [9.17, 15) is 26.3 Å². The van der Waals surface area contributed by atoms with Gasteiger partial charge in [-0.15, -0.1) is 0 Å². The molecule has 0 bridgehead atoms. The molecular weight excluding hydrogens is 421 g/mol. The number of halogens is 8. The molecule has 2 aromatic heterocycles. The summed E-state index contributed by atoms with van der Waals surface area (Å²) in [5.41, 5.74) is -3.97. The van der Waals surface area contributed by atoms with Gasteiger partial charge in [-0.3, -0.25) is 0 Å². The summed E-state index contributed by atoms with van der Waals surface area (Å²) in [4.78, 5) is 6.85. The van der Waals surface area contributed by atoms with E-state index in [1.807, 2.05) is 0 Å². The molecule has 0 aliphatic rings. The minimum absolute atomic E-state index is 0.0550. The predicted octanol–water partition coefficient (Wildman–Crippen LogP) is 6.77. The summed E-state index contributed by atoms with van der Waals surface area (Å²) in [5.74, 6) is -0.220. The Morgan fingerprint density at radius 1 is 0.815 bits per heavy atom. The lowest BCUT2D eigenvalue weighted by Crippen LogP contribution is -2.14. The van der Waals surface area contributed by atoms with Gasteiger partial charge in [0.1, 0.15) is 11.4 Å². The predicted molar refractivity (Wildman–Crippen MR) is 86.1 cm³/mol. The number of fused-ring (bicyclic) bond motifs is 1. The molecule has 0 N–H and O–H groups in total. The first-order valence-corrected chi connectivity index (χ1v) is 7.80. The standard InChI is InChI=1S/C16H6Cl2F6N2O/c17-7-1-3-11(10(18)5-7)27-13-4-2-8-9(15(19,20)21)6-12(16(22,23)24)25-14(8)26-13/h1-6H. The Labute approximate surface area is 157 Å². The van der Waals surface area contributed by atoms with E-state index in [-0.39, 0.29) is 22.7 Å². The van der Waals surface area contributed by atoms with Gasteiger partial charge in [0, 0.05) is 16.5 Å². The van der Waals surface area contributed by atoms with Crippen LogP contribution in [-0.2, 0) is 12.4 Å². The van der Waals surface area contributed by atoms with E-state index in [2.05, 4.69) is 9.97 Å². The Balaban J connectivity index is 2.13. The quantitative estimate of drug-likeness (QED) is 0.424. The zero-order valence-corrected chi connectivity index (χ0v) is 14.3. The first-order chi connectivity index (χ1) is 12.4. The normalized spacial score (nSPS) is 12.4. The molecule has 0 saturated heterocycles. The molecular formula is C16H6Cl2F6N2O. The van der Waals surface area contributed by atoms with Crippen molar-refractivity contribution < 1.29 is 31.1 Å². The zero-order valence-electron chi connectivity index (χ0n) is 12.8. The van der Waals surface area contributed by atoms with Gasteiger partial charge in [0.25, 0.3) is 0 Å². The van der Waals surface area contributed by atoms with Gasteiger partial charge in [0.2, 0.25) is 5.88 Å². The van der Waals surface area contributed by atoms with Crippen molar-refractivity contribution in [3.05, 3.63) is 57.7 Å². The average Bonchev–Trinajstić information content (AvgIpc) is 2.54. The van der Waals surface area contributed by atoms with Crippen molar-refractivity contribution in [2.75, 3.05) is 0 Å². The molecule has 3 rings (SSSR count). The molecule has 0 fully saturated rings. The number of rotatable bonds is 2. The second kappa shape index (κ2) is 6.72. The second-order valence-electron chi connectivity index (χ2n) is 5.25. The van der Waals surface area contributed by atoms with E-state index >= 15 is 0 Å². The first-order valence-electron chi connectivity index (χ1n) is 7.04. The Morgan fingerprint density at radius 3 is 2.11 bits per heavy atom. The highest BCUT2D eigenvalue weighted by atomic mass is 35.5. The smallest absolute Gasteiger partial charge is 0.433 e. The largest absolute Gasteiger partial charge is 0.437 e.